The lowest BCUT2D eigenvalue weighted by atomic mass is 9.93. The van der Waals surface area contributed by atoms with Gasteiger partial charge in [0.15, 0.2) is 0 Å². The molecule has 0 atom stereocenters. The molecule has 26 heavy (non-hydrogen) atoms. The van der Waals surface area contributed by atoms with Crippen LogP contribution in [0.5, 0.6) is 5.75 Å². The lowest BCUT2D eigenvalue weighted by Gasteiger charge is -2.14. The van der Waals surface area contributed by atoms with E-state index in [9.17, 15) is 0 Å². The highest BCUT2D eigenvalue weighted by molar-refractivity contribution is 5.69. The average Bonchev–Trinajstić information content (AvgIpc) is 2.99. The van der Waals surface area contributed by atoms with Gasteiger partial charge in [0.1, 0.15) is 5.75 Å². The van der Waals surface area contributed by atoms with Crippen LogP contribution >= 0.6 is 0 Å². The van der Waals surface area contributed by atoms with Crippen molar-refractivity contribution in [3.8, 4) is 16.9 Å². The number of nitrogens with zero attached hydrogens (tertiary/aromatic N) is 1. The first-order chi connectivity index (χ1) is 12.5. The first-order valence-electron chi connectivity index (χ1n) is 9.34. The lowest BCUT2D eigenvalue weighted by molar-refractivity contribution is 0.320. The predicted molar refractivity (Wildman–Crippen MR) is 108 cm³/mol. The number of aromatic amines is 1. The van der Waals surface area contributed by atoms with E-state index in [-0.39, 0.29) is 0 Å². The van der Waals surface area contributed by atoms with Crippen LogP contribution in [0.1, 0.15) is 36.4 Å². The summed E-state index contributed by atoms with van der Waals surface area (Å²) in [7, 11) is 0. The summed E-state index contributed by atoms with van der Waals surface area (Å²) in [5.74, 6) is 1.56. The maximum atomic E-state index is 6.05. The topological polar surface area (TPSA) is 37.9 Å². The zero-order chi connectivity index (χ0) is 18.5. The SMILES string of the molecule is Cc1cc(OCCc2[nH]cnc2C)cc(-c2ccccc2CC(C)C)c1. The molecule has 3 aromatic rings. The van der Waals surface area contributed by atoms with Crippen molar-refractivity contribution in [1.29, 1.82) is 0 Å². The fourth-order valence-corrected chi connectivity index (χ4v) is 3.32. The fraction of sp³-hybridized carbons (Fsp3) is 0.348. The Kier molecular flexibility index (Phi) is 5.77. The molecule has 0 saturated carbocycles. The Morgan fingerprint density at radius 3 is 2.62 bits per heavy atom. The van der Waals surface area contributed by atoms with Crippen LogP contribution in [0.15, 0.2) is 48.8 Å². The number of aryl methyl sites for hydroxylation is 2. The van der Waals surface area contributed by atoms with E-state index in [1.54, 1.807) is 6.33 Å². The monoisotopic (exact) mass is 348 g/mol. The molecule has 3 nitrogen and oxygen atoms in total. The Balaban J connectivity index is 1.79. The molecular weight excluding hydrogens is 320 g/mol. The molecule has 0 amide bonds. The molecule has 0 bridgehead atoms. The normalized spacial score (nSPS) is 11.1. The molecule has 0 spiro atoms. The second-order valence-electron chi connectivity index (χ2n) is 7.35. The number of nitrogens with one attached hydrogen (secondary N) is 1. The number of aromatic nitrogens is 2. The van der Waals surface area contributed by atoms with E-state index < -0.39 is 0 Å². The first kappa shape index (κ1) is 18.2. The molecule has 0 fully saturated rings. The van der Waals surface area contributed by atoms with Crippen molar-refractivity contribution < 1.29 is 4.74 Å². The van der Waals surface area contributed by atoms with Crippen LogP contribution in [0.3, 0.4) is 0 Å². The number of rotatable bonds is 7. The minimum atomic E-state index is 0.634. The number of imidazole rings is 1. The first-order valence-corrected chi connectivity index (χ1v) is 9.34. The van der Waals surface area contributed by atoms with E-state index in [1.807, 2.05) is 6.92 Å². The molecule has 0 radical (unpaired) electrons. The van der Waals surface area contributed by atoms with Gasteiger partial charge in [-0.15, -0.1) is 0 Å². The van der Waals surface area contributed by atoms with Crippen molar-refractivity contribution in [2.75, 3.05) is 6.61 Å². The fourth-order valence-electron chi connectivity index (χ4n) is 3.32. The smallest absolute Gasteiger partial charge is 0.120 e. The van der Waals surface area contributed by atoms with Crippen molar-refractivity contribution in [2.45, 2.75) is 40.5 Å². The van der Waals surface area contributed by atoms with Gasteiger partial charge in [0, 0.05) is 12.1 Å². The van der Waals surface area contributed by atoms with Gasteiger partial charge in [-0.1, -0.05) is 44.2 Å². The number of hydrogen-bond donors (Lipinski definition) is 1. The van der Waals surface area contributed by atoms with Crippen molar-refractivity contribution >= 4 is 0 Å². The second-order valence-corrected chi connectivity index (χ2v) is 7.35. The van der Waals surface area contributed by atoms with Crippen LogP contribution in [0.2, 0.25) is 0 Å². The lowest BCUT2D eigenvalue weighted by Crippen LogP contribution is -2.03. The molecule has 0 aliphatic carbocycles. The van der Waals surface area contributed by atoms with Gasteiger partial charge in [-0.05, 0) is 60.6 Å². The molecule has 0 aliphatic rings. The molecule has 2 aromatic carbocycles. The molecule has 1 aromatic heterocycles. The molecule has 3 rings (SSSR count). The third kappa shape index (κ3) is 4.54. The standard InChI is InChI=1S/C23H28N2O/c1-16(2)11-19-7-5-6-8-22(19)20-12-17(3)13-21(14-20)26-10-9-23-18(4)24-15-25-23/h5-8,12-16H,9-11H2,1-4H3,(H,24,25). The van der Waals surface area contributed by atoms with Gasteiger partial charge in [0.2, 0.25) is 0 Å². The van der Waals surface area contributed by atoms with Gasteiger partial charge in [-0.25, -0.2) is 4.98 Å². The zero-order valence-corrected chi connectivity index (χ0v) is 16.2. The molecule has 136 valence electrons. The minimum Gasteiger partial charge on any atom is -0.493 e. The quantitative estimate of drug-likeness (QED) is 0.611. The third-order valence-electron chi connectivity index (χ3n) is 4.56. The van der Waals surface area contributed by atoms with Crippen molar-refractivity contribution in [3.63, 3.8) is 0 Å². The Hall–Kier alpha value is -2.55. The van der Waals surface area contributed by atoms with Crippen molar-refractivity contribution in [1.82, 2.24) is 9.97 Å². The summed E-state index contributed by atoms with van der Waals surface area (Å²) in [6.45, 7) is 9.31. The zero-order valence-electron chi connectivity index (χ0n) is 16.2. The summed E-state index contributed by atoms with van der Waals surface area (Å²) in [4.78, 5) is 7.41. The van der Waals surface area contributed by atoms with Crippen LogP contribution < -0.4 is 4.74 Å². The predicted octanol–water partition coefficient (Wildman–Crippen LogP) is 5.51. The summed E-state index contributed by atoms with van der Waals surface area (Å²) in [5, 5.41) is 0. The van der Waals surface area contributed by atoms with E-state index in [1.165, 1.54) is 22.3 Å². The van der Waals surface area contributed by atoms with Gasteiger partial charge >= 0.3 is 0 Å². The molecular formula is C23H28N2O. The molecule has 0 aliphatic heterocycles. The van der Waals surface area contributed by atoms with E-state index in [0.29, 0.717) is 12.5 Å². The van der Waals surface area contributed by atoms with Gasteiger partial charge in [0.05, 0.1) is 18.6 Å². The number of benzene rings is 2. The molecule has 1 N–H and O–H groups in total. The Bertz CT molecular complexity index is 864. The highest BCUT2D eigenvalue weighted by atomic mass is 16.5. The highest BCUT2D eigenvalue weighted by Gasteiger charge is 2.09. The molecule has 1 heterocycles. The maximum absolute atomic E-state index is 6.05. The number of hydrogen-bond acceptors (Lipinski definition) is 2. The number of ether oxygens (including phenoxy) is 1. The third-order valence-corrected chi connectivity index (χ3v) is 4.56. The van der Waals surface area contributed by atoms with E-state index in [4.69, 9.17) is 4.74 Å². The Morgan fingerprint density at radius 2 is 1.88 bits per heavy atom. The van der Waals surface area contributed by atoms with E-state index in [2.05, 4.69) is 73.2 Å². The van der Waals surface area contributed by atoms with Crippen LogP contribution in [0.4, 0.5) is 0 Å². The molecule has 0 unspecified atom stereocenters. The minimum absolute atomic E-state index is 0.634. The summed E-state index contributed by atoms with van der Waals surface area (Å²) in [5.41, 5.74) is 7.33. The van der Waals surface area contributed by atoms with E-state index in [0.717, 1.165) is 30.0 Å². The van der Waals surface area contributed by atoms with Crippen LogP contribution in [-0.2, 0) is 12.8 Å². The van der Waals surface area contributed by atoms with Crippen LogP contribution in [0, 0.1) is 19.8 Å². The largest absolute Gasteiger partial charge is 0.493 e. The molecule has 0 saturated heterocycles. The maximum Gasteiger partial charge on any atom is 0.120 e. The van der Waals surface area contributed by atoms with Gasteiger partial charge < -0.3 is 9.72 Å². The second kappa shape index (κ2) is 8.22. The summed E-state index contributed by atoms with van der Waals surface area (Å²) < 4.78 is 6.05. The Morgan fingerprint density at radius 1 is 1.08 bits per heavy atom. The molecule has 3 heteroatoms. The summed E-state index contributed by atoms with van der Waals surface area (Å²) in [6.07, 6.45) is 3.65. The van der Waals surface area contributed by atoms with Crippen LogP contribution in [0.25, 0.3) is 11.1 Å². The van der Waals surface area contributed by atoms with Gasteiger partial charge in [-0.2, -0.15) is 0 Å². The average molecular weight is 348 g/mol. The van der Waals surface area contributed by atoms with Gasteiger partial charge in [-0.3, -0.25) is 0 Å². The summed E-state index contributed by atoms with van der Waals surface area (Å²) >= 11 is 0. The Labute approximate surface area is 156 Å². The highest BCUT2D eigenvalue weighted by Crippen LogP contribution is 2.30. The van der Waals surface area contributed by atoms with Crippen LogP contribution in [-0.4, -0.2) is 16.6 Å². The summed E-state index contributed by atoms with van der Waals surface area (Å²) in [6, 6.07) is 15.2. The van der Waals surface area contributed by atoms with Crippen molar-refractivity contribution in [3.05, 3.63) is 71.3 Å². The van der Waals surface area contributed by atoms with Crippen molar-refractivity contribution in [2.24, 2.45) is 5.92 Å². The number of H-pyrrole nitrogens is 1. The van der Waals surface area contributed by atoms with E-state index >= 15 is 0 Å². The van der Waals surface area contributed by atoms with Gasteiger partial charge in [0.25, 0.3) is 0 Å².